The molecule has 0 spiro atoms. The molecule has 0 N–H and O–H groups in total. The van der Waals surface area contributed by atoms with Gasteiger partial charge in [-0.2, -0.15) is 0 Å². The molecule has 1 aromatic heterocycles. The number of fused-ring (bicyclic) bond motifs is 6. The fraction of sp³-hybridized carbons (Fsp3) is 0.103. The standard InChI is InChI=1S/C58H45NO/c1-57(2)52-25-15-13-23-47(52)48-33-32-45(37-53(48)57)59(55-34-31-43(40-19-9-5-10-20-40)38-58(55,3)44-21-11-6-12-22-44)46-35-50(56-51(36-46)49-24-14-16-26-54(49)60-56)42-29-27-41(28-30-42)39-17-7-4-8-18-39/h4-38,55H,1-3H3. The molecule has 1 heterocycles. The molecule has 0 amide bonds. The Bertz CT molecular complexity index is 3120. The van der Waals surface area contributed by atoms with Gasteiger partial charge in [0.15, 0.2) is 0 Å². The molecule has 2 unspecified atom stereocenters. The lowest BCUT2D eigenvalue weighted by molar-refractivity contribution is 0.513. The Labute approximate surface area is 352 Å². The summed E-state index contributed by atoms with van der Waals surface area (Å²) < 4.78 is 6.79. The second kappa shape index (κ2) is 14.0. The molecule has 0 fully saturated rings. The molecule has 0 saturated carbocycles. The lowest BCUT2D eigenvalue weighted by atomic mass is 9.70. The van der Waals surface area contributed by atoms with Gasteiger partial charge in [-0.3, -0.25) is 0 Å². The van der Waals surface area contributed by atoms with Crippen LogP contribution in [0.25, 0.3) is 60.9 Å². The van der Waals surface area contributed by atoms with E-state index in [-0.39, 0.29) is 11.5 Å². The van der Waals surface area contributed by atoms with Crippen LogP contribution in [0, 0.1) is 0 Å². The second-order valence-corrected chi connectivity index (χ2v) is 17.1. The number of hydrogen-bond donors (Lipinski definition) is 0. The summed E-state index contributed by atoms with van der Waals surface area (Å²) in [5.41, 5.74) is 17.1. The minimum absolute atomic E-state index is 0.0961. The van der Waals surface area contributed by atoms with Crippen molar-refractivity contribution in [3.05, 3.63) is 235 Å². The van der Waals surface area contributed by atoms with Crippen LogP contribution in [0.4, 0.5) is 11.4 Å². The van der Waals surface area contributed by atoms with Gasteiger partial charge < -0.3 is 9.32 Å². The topological polar surface area (TPSA) is 16.4 Å². The summed E-state index contributed by atoms with van der Waals surface area (Å²) in [4.78, 5) is 2.60. The smallest absolute Gasteiger partial charge is 0.143 e. The van der Waals surface area contributed by atoms with Crippen LogP contribution in [0.15, 0.2) is 217 Å². The maximum Gasteiger partial charge on any atom is 0.143 e. The highest BCUT2D eigenvalue weighted by atomic mass is 16.3. The fourth-order valence-electron chi connectivity index (χ4n) is 10.0. The molecule has 8 aromatic carbocycles. The predicted octanol–water partition coefficient (Wildman–Crippen LogP) is 15.3. The summed E-state index contributed by atoms with van der Waals surface area (Å²) >= 11 is 0. The number of para-hydroxylation sites is 1. The number of furan rings is 1. The molecular formula is C58H45NO. The van der Waals surface area contributed by atoms with Crippen molar-refractivity contribution in [3.8, 4) is 33.4 Å². The van der Waals surface area contributed by atoms with Crippen LogP contribution in [0.2, 0.25) is 0 Å². The van der Waals surface area contributed by atoms with Crippen molar-refractivity contribution in [2.75, 3.05) is 4.90 Å². The zero-order valence-electron chi connectivity index (χ0n) is 34.1. The quantitative estimate of drug-likeness (QED) is 0.160. The molecule has 60 heavy (non-hydrogen) atoms. The second-order valence-electron chi connectivity index (χ2n) is 17.1. The van der Waals surface area contributed by atoms with Gasteiger partial charge in [0.1, 0.15) is 11.2 Å². The van der Waals surface area contributed by atoms with E-state index in [1.54, 1.807) is 0 Å². The van der Waals surface area contributed by atoms with Gasteiger partial charge in [-0.15, -0.1) is 0 Å². The van der Waals surface area contributed by atoms with E-state index in [0.717, 1.165) is 44.4 Å². The predicted molar refractivity (Wildman–Crippen MR) is 252 cm³/mol. The van der Waals surface area contributed by atoms with Crippen molar-refractivity contribution >= 4 is 38.9 Å². The van der Waals surface area contributed by atoms with E-state index < -0.39 is 5.41 Å². The molecule has 0 radical (unpaired) electrons. The minimum atomic E-state index is -0.427. The van der Waals surface area contributed by atoms with E-state index in [2.05, 4.69) is 238 Å². The lowest BCUT2D eigenvalue weighted by Gasteiger charge is -2.45. The van der Waals surface area contributed by atoms with Crippen molar-refractivity contribution < 1.29 is 4.42 Å². The van der Waals surface area contributed by atoms with Gasteiger partial charge in [-0.1, -0.05) is 196 Å². The van der Waals surface area contributed by atoms with Crippen LogP contribution in [0.5, 0.6) is 0 Å². The van der Waals surface area contributed by atoms with Crippen LogP contribution in [0.1, 0.15) is 43.0 Å². The van der Waals surface area contributed by atoms with Crippen LogP contribution in [-0.2, 0) is 10.8 Å². The zero-order chi connectivity index (χ0) is 40.4. The monoisotopic (exact) mass is 771 g/mol. The molecule has 9 aromatic rings. The van der Waals surface area contributed by atoms with Crippen LogP contribution >= 0.6 is 0 Å². The first-order chi connectivity index (χ1) is 29.4. The third-order valence-electron chi connectivity index (χ3n) is 13.2. The van der Waals surface area contributed by atoms with Gasteiger partial charge in [-0.25, -0.2) is 0 Å². The SMILES string of the molecule is CC1(C)c2ccccc2-c2ccc(N(c3cc(-c4ccc(-c5ccccc5)cc4)c4oc5ccccc5c4c3)C3C=CC(c4ccccc4)=CC3(C)c3ccccc3)cc21. The molecule has 2 aliphatic rings. The maximum atomic E-state index is 6.79. The number of anilines is 2. The van der Waals surface area contributed by atoms with Crippen LogP contribution in [-0.4, -0.2) is 6.04 Å². The Morgan fingerprint density at radius 3 is 1.85 bits per heavy atom. The molecule has 2 aliphatic carbocycles. The molecule has 0 bridgehead atoms. The van der Waals surface area contributed by atoms with Gasteiger partial charge in [0.05, 0.1) is 6.04 Å². The first-order valence-electron chi connectivity index (χ1n) is 21.0. The van der Waals surface area contributed by atoms with E-state index in [4.69, 9.17) is 4.42 Å². The normalized spacial score (nSPS) is 17.6. The Kier molecular flexibility index (Phi) is 8.39. The lowest BCUT2D eigenvalue weighted by Crippen LogP contribution is -2.46. The Balaban J connectivity index is 1.17. The Hall–Kier alpha value is -7.16. The third kappa shape index (κ3) is 5.78. The van der Waals surface area contributed by atoms with Gasteiger partial charge in [0, 0.05) is 38.5 Å². The summed E-state index contributed by atoms with van der Waals surface area (Å²) in [5.74, 6) is 0. The molecule has 11 rings (SSSR count). The van der Waals surface area contributed by atoms with Gasteiger partial charge in [-0.05, 0) is 92.9 Å². The van der Waals surface area contributed by atoms with E-state index >= 15 is 0 Å². The highest BCUT2D eigenvalue weighted by Gasteiger charge is 2.42. The zero-order valence-corrected chi connectivity index (χ0v) is 34.1. The number of nitrogens with zero attached hydrogens (tertiary/aromatic N) is 1. The van der Waals surface area contributed by atoms with Crippen LogP contribution < -0.4 is 4.90 Å². The van der Waals surface area contributed by atoms with Crippen molar-refractivity contribution in [1.29, 1.82) is 0 Å². The van der Waals surface area contributed by atoms with E-state index in [0.29, 0.717) is 0 Å². The maximum absolute atomic E-state index is 6.79. The summed E-state index contributed by atoms with van der Waals surface area (Å²) in [6, 6.07) is 70.6. The highest BCUT2D eigenvalue weighted by Crippen LogP contribution is 2.52. The first-order valence-corrected chi connectivity index (χ1v) is 21.0. The summed E-state index contributed by atoms with van der Waals surface area (Å²) in [6.45, 7) is 7.15. The van der Waals surface area contributed by atoms with E-state index in [9.17, 15) is 0 Å². The van der Waals surface area contributed by atoms with E-state index in [1.165, 1.54) is 50.1 Å². The molecule has 0 aliphatic heterocycles. The molecular weight excluding hydrogens is 727 g/mol. The highest BCUT2D eigenvalue weighted by molar-refractivity contribution is 6.11. The molecule has 2 heteroatoms. The van der Waals surface area contributed by atoms with Crippen molar-refractivity contribution in [2.45, 2.75) is 37.6 Å². The molecule has 2 nitrogen and oxygen atoms in total. The summed E-state index contributed by atoms with van der Waals surface area (Å²) in [6.07, 6.45) is 7.27. The molecule has 2 atom stereocenters. The largest absolute Gasteiger partial charge is 0.455 e. The first kappa shape index (κ1) is 36.0. The fourth-order valence-corrected chi connectivity index (χ4v) is 10.0. The minimum Gasteiger partial charge on any atom is -0.455 e. The van der Waals surface area contributed by atoms with Crippen LogP contribution in [0.3, 0.4) is 0 Å². The van der Waals surface area contributed by atoms with E-state index in [1.807, 2.05) is 0 Å². The van der Waals surface area contributed by atoms with Crippen molar-refractivity contribution in [2.24, 2.45) is 0 Å². The average molecular weight is 772 g/mol. The number of hydrogen-bond acceptors (Lipinski definition) is 2. The Morgan fingerprint density at radius 2 is 1.08 bits per heavy atom. The van der Waals surface area contributed by atoms with Gasteiger partial charge >= 0.3 is 0 Å². The number of rotatable bonds is 7. The molecule has 288 valence electrons. The van der Waals surface area contributed by atoms with Crippen molar-refractivity contribution in [1.82, 2.24) is 0 Å². The van der Waals surface area contributed by atoms with Gasteiger partial charge in [0.2, 0.25) is 0 Å². The van der Waals surface area contributed by atoms with Crippen molar-refractivity contribution in [3.63, 3.8) is 0 Å². The summed E-state index contributed by atoms with van der Waals surface area (Å²) in [7, 11) is 0. The number of benzene rings is 8. The third-order valence-corrected chi connectivity index (χ3v) is 13.2. The number of allylic oxidation sites excluding steroid dienone is 2. The summed E-state index contributed by atoms with van der Waals surface area (Å²) in [5, 5.41) is 2.21. The Morgan fingerprint density at radius 1 is 0.467 bits per heavy atom. The average Bonchev–Trinajstić information content (AvgIpc) is 3.79. The van der Waals surface area contributed by atoms with Gasteiger partial charge in [0.25, 0.3) is 0 Å². The molecule has 0 saturated heterocycles.